The molecule has 2 aromatic rings. The number of benzene rings is 2. The number of amides is 1. The number of hydrogen-bond donors (Lipinski definition) is 0. The van der Waals surface area contributed by atoms with Crippen molar-refractivity contribution in [3.8, 4) is 0 Å². The van der Waals surface area contributed by atoms with E-state index in [0.29, 0.717) is 38.9 Å². The van der Waals surface area contributed by atoms with Gasteiger partial charge in [0.05, 0.1) is 11.8 Å². The maximum Gasteiger partial charge on any atom is 0.411 e. The van der Waals surface area contributed by atoms with Crippen molar-refractivity contribution in [3.05, 3.63) is 70.2 Å². The minimum atomic E-state index is -3.20. The number of hydrogen-bond acceptors (Lipinski definition) is 4. The van der Waals surface area contributed by atoms with Gasteiger partial charge in [-0.05, 0) is 36.6 Å². The highest BCUT2D eigenvalue weighted by Crippen LogP contribution is 2.40. The smallest absolute Gasteiger partial charge is 0.411 e. The van der Waals surface area contributed by atoms with Crippen LogP contribution in [0.3, 0.4) is 0 Å². The van der Waals surface area contributed by atoms with Crippen LogP contribution < -0.4 is 0 Å². The summed E-state index contributed by atoms with van der Waals surface area (Å²) in [4.78, 5) is 14.9. The molecule has 8 heteroatoms. The number of nitrogens with zero attached hydrogens (tertiary/aromatic N) is 2. The number of ether oxygens (including phenoxy) is 1. The summed E-state index contributed by atoms with van der Waals surface area (Å²) in [7, 11) is -3.20. The third-order valence-electron chi connectivity index (χ3n) is 6.36. The second-order valence-corrected chi connectivity index (χ2v) is 11.2. The van der Waals surface area contributed by atoms with Gasteiger partial charge >= 0.3 is 6.09 Å². The van der Waals surface area contributed by atoms with Gasteiger partial charge in [0.15, 0.2) is 0 Å². The molecule has 0 saturated carbocycles. The molecule has 2 aliphatic rings. The fraction of sp³-hybridized carbons (Fsp3) is 0.435. The third kappa shape index (κ3) is 4.66. The second kappa shape index (κ2) is 8.92. The summed E-state index contributed by atoms with van der Waals surface area (Å²) < 4.78 is 33.2. The normalized spacial score (nSPS) is 24.7. The standard InChI is InChI=1S/C23H27BrN2O4S/c1-18(19-8-10-21(24)11-9-19)26-16-13-23(30-22(26)27,20-6-3-2-4-7-20)12-15-25-14-5-17-31(25,28)29/h2-4,6-11,18H,5,12-17H2,1H3. The first-order chi connectivity index (χ1) is 14.8. The van der Waals surface area contributed by atoms with E-state index < -0.39 is 15.6 Å². The van der Waals surface area contributed by atoms with Gasteiger partial charge in [0.25, 0.3) is 0 Å². The van der Waals surface area contributed by atoms with E-state index in [1.165, 1.54) is 4.31 Å². The van der Waals surface area contributed by atoms with Gasteiger partial charge in [-0.1, -0.05) is 58.4 Å². The Morgan fingerprint density at radius 1 is 1.10 bits per heavy atom. The van der Waals surface area contributed by atoms with Crippen molar-refractivity contribution >= 4 is 32.0 Å². The lowest BCUT2D eigenvalue weighted by Crippen LogP contribution is -2.50. The van der Waals surface area contributed by atoms with Gasteiger partial charge in [0.2, 0.25) is 10.0 Å². The summed E-state index contributed by atoms with van der Waals surface area (Å²) in [6.45, 7) is 3.43. The molecule has 2 aromatic carbocycles. The molecule has 31 heavy (non-hydrogen) atoms. The zero-order chi connectivity index (χ0) is 22.1. The molecule has 2 heterocycles. The quantitative estimate of drug-likeness (QED) is 0.570. The zero-order valence-electron chi connectivity index (χ0n) is 17.5. The molecule has 166 valence electrons. The van der Waals surface area contributed by atoms with E-state index in [1.807, 2.05) is 61.5 Å². The monoisotopic (exact) mass is 506 g/mol. The van der Waals surface area contributed by atoms with Crippen LogP contribution >= 0.6 is 15.9 Å². The summed E-state index contributed by atoms with van der Waals surface area (Å²) in [5, 5.41) is 0. The fourth-order valence-electron chi connectivity index (χ4n) is 4.46. The Morgan fingerprint density at radius 3 is 2.42 bits per heavy atom. The number of halogens is 1. The summed E-state index contributed by atoms with van der Waals surface area (Å²) in [5.41, 5.74) is 1.12. The highest BCUT2D eigenvalue weighted by molar-refractivity contribution is 9.10. The minimum absolute atomic E-state index is 0.117. The molecule has 2 saturated heterocycles. The lowest BCUT2D eigenvalue weighted by molar-refractivity contribution is -0.0668. The summed E-state index contributed by atoms with van der Waals surface area (Å²) in [6.07, 6.45) is 1.34. The highest BCUT2D eigenvalue weighted by Gasteiger charge is 2.44. The first-order valence-electron chi connectivity index (χ1n) is 10.6. The average molecular weight is 507 g/mol. The van der Waals surface area contributed by atoms with Crippen LogP contribution in [0.1, 0.15) is 43.4 Å². The molecule has 0 N–H and O–H groups in total. The van der Waals surface area contributed by atoms with E-state index >= 15 is 0 Å². The van der Waals surface area contributed by atoms with Gasteiger partial charge in [0, 0.05) is 36.9 Å². The molecule has 0 spiro atoms. The van der Waals surface area contributed by atoms with Crippen molar-refractivity contribution in [2.75, 3.05) is 25.4 Å². The molecule has 0 radical (unpaired) electrons. The van der Waals surface area contributed by atoms with Crippen LogP contribution in [-0.2, 0) is 20.4 Å². The van der Waals surface area contributed by atoms with Gasteiger partial charge in [-0.25, -0.2) is 17.5 Å². The van der Waals surface area contributed by atoms with Crippen LogP contribution in [0.5, 0.6) is 0 Å². The van der Waals surface area contributed by atoms with Crippen molar-refractivity contribution < 1.29 is 17.9 Å². The molecular weight excluding hydrogens is 480 g/mol. The molecule has 0 aliphatic carbocycles. The lowest BCUT2D eigenvalue weighted by Gasteiger charge is -2.44. The predicted octanol–water partition coefficient (Wildman–Crippen LogP) is 4.67. The zero-order valence-corrected chi connectivity index (χ0v) is 19.9. The maximum atomic E-state index is 13.2. The Kier molecular flexibility index (Phi) is 6.42. The van der Waals surface area contributed by atoms with Gasteiger partial charge < -0.3 is 9.64 Å². The number of carbonyl (C=O) groups is 1. The third-order valence-corrected chi connectivity index (χ3v) is 8.85. The second-order valence-electron chi connectivity index (χ2n) is 8.22. The first-order valence-corrected chi connectivity index (χ1v) is 13.0. The van der Waals surface area contributed by atoms with Crippen LogP contribution in [0, 0.1) is 0 Å². The topological polar surface area (TPSA) is 66.9 Å². The summed E-state index contributed by atoms with van der Waals surface area (Å²) in [6, 6.07) is 17.5. The Labute approximate surface area is 192 Å². The first kappa shape index (κ1) is 22.3. The fourth-order valence-corrected chi connectivity index (χ4v) is 6.25. The van der Waals surface area contributed by atoms with Gasteiger partial charge in [-0.2, -0.15) is 0 Å². The van der Waals surface area contributed by atoms with Crippen LogP contribution in [0.25, 0.3) is 0 Å². The Bertz CT molecular complexity index is 1030. The summed E-state index contributed by atoms with van der Waals surface area (Å²) >= 11 is 3.44. The van der Waals surface area contributed by atoms with Crippen LogP contribution in [0.15, 0.2) is 59.1 Å². The van der Waals surface area contributed by atoms with Crippen LogP contribution in [-0.4, -0.2) is 49.1 Å². The van der Waals surface area contributed by atoms with Crippen molar-refractivity contribution in [1.82, 2.24) is 9.21 Å². The molecule has 2 fully saturated rings. The van der Waals surface area contributed by atoms with Crippen LogP contribution in [0.2, 0.25) is 0 Å². The van der Waals surface area contributed by atoms with Crippen molar-refractivity contribution in [2.24, 2.45) is 0 Å². The van der Waals surface area contributed by atoms with Crippen molar-refractivity contribution in [3.63, 3.8) is 0 Å². The molecule has 4 rings (SSSR count). The number of sulfonamides is 1. The highest BCUT2D eigenvalue weighted by atomic mass is 79.9. The maximum absolute atomic E-state index is 13.2. The van der Waals surface area contributed by atoms with Gasteiger partial charge in [-0.3, -0.25) is 0 Å². The molecule has 2 unspecified atom stereocenters. The molecule has 2 aliphatic heterocycles. The molecule has 0 bridgehead atoms. The van der Waals surface area contributed by atoms with E-state index in [-0.39, 0.29) is 17.9 Å². The van der Waals surface area contributed by atoms with E-state index in [2.05, 4.69) is 15.9 Å². The van der Waals surface area contributed by atoms with E-state index in [0.717, 1.165) is 15.6 Å². The number of cyclic esters (lactones) is 1. The van der Waals surface area contributed by atoms with Crippen molar-refractivity contribution in [1.29, 1.82) is 0 Å². The molecular formula is C23H27BrN2O4S. The van der Waals surface area contributed by atoms with E-state index in [1.54, 1.807) is 4.90 Å². The summed E-state index contributed by atoms with van der Waals surface area (Å²) in [5.74, 6) is 0.198. The Balaban J connectivity index is 1.55. The molecule has 2 atom stereocenters. The Hall–Kier alpha value is -1.90. The van der Waals surface area contributed by atoms with E-state index in [9.17, 15) is 13.2 Å². The SMILES string of the molecule is CC(c1ccc(Br)cc1)N1CCC(CCN2CCCS2(=O)=O)(c2ccccc2)OC1=O. The molecule has 0 aromatic heterocycles. The average Bonchev–Trinajstić information content (AvgIpc) is 3.11. The predicted molar refractivity (Wildman–Crippen MR) is 123 cm³/mol. The molecule has 6 nitrogen and oxygen atoms in total. The van der Waals surface area contributed by atoms with Crippen molar-refractivity contribution in [2.45, 2.75) is 37.8 Å². The van der Waals surface area contributed by atoms with Crippen LogP contribution in [0.4, 0.5) is 4.79 Å². The van der Waals surface area contributed by atoms with Gasteiger partial charge in [-0.15, -0.1) is 0 Å². The molecule has 1 amide bonds. The largest absolute Gasteiger partial charge is 0.438 e. The number of rotatable bonds is 6. The number of carbonyl (C=O) groups excluding carboxylic acids is 1. The Morgan fingerprint density at radius 2 is 1.81 bits per heavy atom. The van der Waals surface area contributed by atoms with Gasteiger partial charge in [0.1, 0.15) is 5.60 Å². The minimum Gasteiger partial charge on any atom is -0.438 e. The van der Waals surface area contributed by atoms with E-state index in [4.69, 9.17) is 4.74 Å². The lowest BCUT2D eigenvalue weighted by atomic mass is 9.85.